The third-order valence-electron chi connectivity index (χ3n) is 10.5. The molecule has 296 valence electrons. The minimum atomic E-state index is -0.657. The summed E-state index contributed by atoms with van der Waals surface area (Å²) in [5.74, 6) is -0.0298. The minimum absolute atomic E-state index is 0.0298. The maximum Gasteiger partial charge on any atom is 0.220 e. The molecule has 0 aliphatic rings. The number of rotatable bonds is 41. The molecule has 0 aromatic heterocycles. The first-order chi connectivity index (χ1) is 24.7. The number of hydrogen-bond donors (Lipinski definition) is 3. The molecule has 0 fully saturated rings. The van der Waals surface area contributed by atoms with Crippen LogP contribution in [0, 0.1) is 0 Å². The molecule has 1 amide bonds. The van der Waals surface area contributed by atoms with Crippen LogP contribution < -0.4 is 5.32 Å². The van der Waals surface area contributed by atoms with Gasteiger partial charge >= 0.3 is 0 Å². The van der Waals surface area contributed by atoms with Gasteiger partial charge in [-0.1, -0.05) is 224 Å². The van der Waals surface area contributed by atoms with Gasteiger partial charge in [0.15, 0.2) is 0 Å². The number of unbranched alkanes of at least 4 members (excludes halogenated alkanes) is 30. The number of carbonyl (C=O) groups is 1. The average molecular weight is 704 g/mol. The van der Waals surface area contributed by atoms with E-state index in [9.17, 15) is 15.0 Å². The van der Waals surface area contributed by atoms with E-state index in [1.165, 1.54) is 180 Å². The number of allylic oxidation sites excluding steroid dienone is 4. The summed E-state index contributed by atoms with van der Waals surface area (Å²) in [5, 5.41) is 23.2. The lowest BCUT2D eigenvalue weighted by Gasteiger charge is -2.22. The van der Waals surface area contributed by atoms with Gasteiger partial charge < -0.3 is 15.5 Å². The van der Waals surface area contributed by atoms with Gasteiger partial charge in [-0.15, -0.1) is 0 Å². The number of aliphatic hydroxyl groups excluding tert-OH is 2. The molecule has 0 bridgehead atoms. The Morgan fingerprint density at radius 3 is 1.30 bits per heavy atom. The van der Waals surface area contributed by atoms with Crippen molar-refractivity contribution in [3.05, 3.63) is 24.3 Å². The molecular weight excluding hydrogens is 615 g/mol. The van der Waals surface area contributed by atoms with E-state index in [0.717, 1.165) is 38.5 Å². The highest BCUT2D eigenvalue weighted by molar-refractivity contribution is 5.76. The number of nitrogens with one attached hydrogen (secondary N) is 1. The molecule has 0 radical (unpaired) electrons. The summed E-state index contributed by atoms with van der Waals surface area (Å²) in [5.41, 5.74) is 0. The molecule has 50 heavy (non-hydrogen) atoms. The number of amides is 1. The Balaban J connectivity index is 3.48. The largest absolute Gasteiger partial charge is 0.394 e. The topological polar surface area (TPSA) is 69.6 Å². The van der Waals surface area contributed by atoms with Gasteiger partial charge in [0.25, 0.3) is 0 Å². The van der Waals surface area contributed by atoms with E-state index in [2.05, 4.69) is 43.5 Å². The molecule has 0 saturated carbocycles. The van der Waals surface area contributed by atoms with Gasteiger partial charge in [-0.3, -0.25) is 4.79 Å². The SMILES string of the molecule is CC/C=C\C/C=C\CCCCCCCCCCCCCCCCC(=O)NC(CO)C(O)CCCCCCCCCCCCCCCCCCC. The molecular formula is C46H89NO3. The number of aliphatic hydroxyl groups is 2. The predicted molar refractivity (Wildman–Crippen MR) is 221 cm³/mol. The molecule has 0 heterocycles. The maximum atomic E-state index is 12.4. The summed E-state index contributed by atoms with van der Waals surface area (Å²) in [6.07, 6.45) is 54.0. The summed E-state index contributed by atoms with van der Waals surface area (Å²) in [6, 6.07) is -0.533. The van der Waals surface area contributed by atoms with Gasteiger partial charge in [0, 0.05) is 6.42 Å². The van der Waals surface area contributed by atoms with E-state index >= 15 is 0 Å². The van der Waals surface area contributed by atoms with Crippen LogP contribution in [0.15, 0.2) is 24.3 Å². The van der Waals surface area contributed by atoms with Crippen molar-refractivity contribution in [2.75, 3.05) is 6.61 Å². The molecule has 0 saturated heterocycles. The summed E-state index contributed by atoms with van der Waals surface area (Å²) in [7, 11) is 0. The summed E-state index contributed by atoms with van der Waals surface area (Å²) < 4.78 is 0. The fraction of sp³-hybridized carbons (Fsp3) is 0.891. The van der Waals surface area contributed by atoms with Crippen molar-refractivity contribution in [1.82, 2.24) is 5.32 Å². The molecule has 4 nitrogen and oxygen atoms in total. The highest BCUT2D eigenvalue weighted by Gasteiger charge is 2.20. The fourth-order valence-electron chi connectivity index (χ4n) is 7.05. The highest BCUT2D eigenvalue weighted by atomic mass is 16.3. The van der Waals surface area contributed by atoms with Gasteiger partial charge in [-0.05, 0) is 38.5 Å². The molecule has 2 atom stereocenters. The maximum absolute atomic E-state index is 12.4. The van der Waals surface area contributed by atoms with Gasteiger partial charge in [-0.25, -0.2) is 0 Å². The number of hydrogen-bond acceptors (Lipinski definition) is 3. The normalized spacial score (nSPS) is 13.1. The van der Waals surface area contributed by atoms with Crippen LogP contribution in [0.3, 0.4) is 0 Å². The minimum Gasteiger partial charge on any atom is -0.394 e. The third kappa shape index (κ3) is 38.1. The summed E-state index contributed by atoms with van der Waals surface area (Å²) in [6.45, 7) is 4.27. The van der Waals surface area contributed by atoms with Crippen molar-refractivity contribution < 1.29 is 15.0 Å². The first-order valence-corrected chi connectivity index (χ1v) is 22.5. The zero-order valence-electron chi connectivity index (χ0n) is 33.9. The fourth-order valence-corrected chi connectivity index (χ4v) is 7.05. The van der Waals surface area contributed by atoms with E-state index in [-0.39, 0.29) is 12.5 Å². The molecule has 3 N–H and O–H groups in total. The Morgan fingerprint density at radius 2 is 0.880 bits per heavy atom. The third-order valence-corrected chi connectivity index (χ3v) is 10.5. The van der Waals surface area contributed by atoms with Crippen LogP contribution in [0.5, 0.6) is 0 Å². The molecule has 0 spiro atoms. The highest BCUT2D eigenvalue weighted by Crippen LogP contribution is 2.16. The van der Waals surface area contributed by atoms with Gasteiger partial charge in [0.05, 0.1) is 18.8 Å². The second-order valence-corrected chi connectivity index (χ2v) is 15.4. The van der Waals surface area contributed by atoms with Crippen LogP contribution >= 0.6 is 0 Å². The summed E-state index contributed by atoms with van der Waals surface area (Å²) >= 11 is 0. The van der Waals surface area contributed by atoms with Crippen molar-refractivity contribution in [3.63, 3.8) is 0 Å². The number of carbonyl (C=O) groups excluding carboxylic acids is 1. The lowest BCUT2D eigenvalue weighted by atomic mass is 10.0. The quantitative estimate of drug-likeness (QED) is 0.0438. The van der Waals surface area contributed by atoms with Crippen LogP contribution in [0.4, 0.5) is 0 Å². The van der Waals surface area contributed by atoms with E-state index in [4.69, 9.17) is 0 Å². The van der Waals surface area contributed by atoms with Crippen molar-refractivity contribution >= 4 is 5.91 Å². The lowest BCUT2D eigenvalue weighted by molar-refractivity contribution is -0.123. The van der Waals surface area contributed by atoms with E-state index < -0.39 is 12.1 Å². The second kappa shape index (κ2) is 42.3. The van der Waals surface area contributed by atoms with Crippen LogP contribution in [0.2, 0.25) is 0 Å². The molecule has 0 aromatic carbocycles. The molecule has 0 aliphatic carbocycles. The zero-order chi connectivity index (χ0) is 36.4. The van der Waals surface area contributed by atoms with Crippen LogP contribution in [0.1, 0.15) is 245 Å². The molecule has 0 aromatic rings. The first-order valence-electron chi connectivity index (χ1n) is 22.5. The molecule has 4 heteroatoms. The van der Waals surface area contributed by atoms with E-state index in [1.807, 2.05) is 0 Å². The van der Waals surface area contributed by atoms with Crippen LogP contribution in [-0.4, -0.2) is 34.9 Å². The summed E-state index contributed by atoms with van der Waals surface area (Å²) in [4.78, 5) is 12.4. The van der Waals surface area contributed by atoms with Crippen LogP contribution in [0.25, 0.3) is 0 Å². The van der Waals surface area contributed by atoms with Gasteiger partial charge in [-0.2, -0.15) is 0 Å². The second-order valence-electron chi connectivity index (χ2n) is 15.4. The monoisotopic (exact) mass is 704 g/mol. The van der Waals surface area contributed by atoms with Gasteiger partial charge in [0.1, 0.15) is 0 Å². The Bertz CT molecular complexity index is 720. The van der Waals surface area contributed by atoms with Crippen LogP contribution in [-0.2, 0) is 4.79 Å². The van der Waals surface area contributed by atoms with Gasteiger partial charge in [0.2, 0.25) is 5.91 Å². The standard InChI is InChI=1S/C46H89NO3/c1-3-5-7-9-11-13-15-17-19-21-22-23-24-26-28-30-32-34-36-38-40-42-46(50)47-44(43-48)45(49)41-39-37-35-33-31-29-27-25-20-18-16-14-12-10-8-6-4-2/h5,7,11,13,44-45,48-49H,3-4,6,8-10,12,14-43H2,1-2H3,(H,47,50)/b7-5-,13-11-. The van der Waals surface area contributed by atoms with E-state index in [0.29, 0.717) is 12.8 Å². The Kier molecular flexibility index (Phi) is 41.3. The smallest absolute Gasteiger partial charge is 0.220 e. The van der Waals surface area contributed by atoms with Crippen molar-refractivity contribution in [2.45, 2.75) is 257 Å². The molecule has 0 rings (SSSR count). The van der Waals surface area contributed by atoms with Crippen molar-refractivity contribution in [2.24, 2.45) is 0 Å². The zero-order valence-corrected chi connectivity index (χ0v) is 33.9. The first kappa shape index (κ1) is 48.9. The van der Waals surface area contributed by atoms with Crippen molar-refractivity contribution in [3.8, 4) is 0 Å². The lowest BCUT2D eigenvalue weighted by Crippen LogP contribution is -2.45. The average Bonchev–Trinajstić information content (AvgIpc) is 3.12. The Labute approximate surface area is 313 Å². The predicted octanol–water partition coefficient (Wildman–Crippen LogP) is 14.0. The van der Waals surface area contributed by atoms with Crippen molar-refractivity contribution in [1.29, 1.82) is 0 Å². The molecule has 2 unspecified atom stereocenters. The Hall–Kier alpha value is -1.13. The Morgan fingerprint density at radius 1 is 0.500 bits per heavy atom. The van der Waals surface area contributed by atoms with E-state index in [1.54, 1.807) is 0 Å². The molecule has 0 aliphatic heterocycles.